The van der Waals surface area contributed by atoms with Crippen LogP contribution in [0.15, 0.2) is 11.3 Å². The van der Waals surface area contributed by atoms with E-state index in [2.05, 4.69) is 0 Å². The lowest BCUT2D eigenvalue weighted by Gasteiger charge is -2.05. The van der Waals surface area contributed by atoms with E-state index in [-0.39, 0.29) is 12.1 Å². The molecule has 1 unspecified atom stereocenters. The summed E-state index contributed by atoms with van der Waals surface area (Å²) in [4.78, 5) is 11.1. The number of carbonyl (C=O) groups excluding carboxylic acids is 1. The van der Waals surface area contributed by atoms with Gasteiger partial charge in [-0.3, -0.25) is 0 Å². The Balaban J connectivity index is 2.78. The number of rotatable bonds is 3. The monoisotopic (exact) mass is 170 g/mol. The fourth-order valence-corrected chi connectivity index (χ4v) is 1.28. The number of hydrogen-bond acceptors (Lipinski definition) is 3. The smallest absolute Gasteiger partial charge is 0.374 e. The molecule has 0 aliphatic carbocycles. The number of cyclic esters (lactones) is 1. The van der Waals surface area contributed by atoms with Crippen LogP contribution in [0.4, 0.5) is 0 Å². The van der Waals surface area contributed by atoms with Gasteiger partial charge in [-0.2, -0.15) is 0 Å². The molecule has 0 saturated carbocycles. The predicted octanol–water partition coefficient (Wildman–Crippen LogP) is 1.63. The molecule has 1 atom stereocenters. The van der Waals surface area contributed by atoms with Crippen LogP contribution >= 0.6 is 0 Å². The summed E-state index contributed by atoms with van der Waals surface area (Å²) in [6, 6.07) is 0. The van der Waals surface area contributed by atoms with E-state index in [0.717, 1.165) is 12.0 Å². The van der Waals surface area contributed by atoms with Crippen LogP contribution < -0.4 is 0 Å². The summed E-state index contributed by atoms with van der Waals surface area (Å²) in [7, 11) is 0. The van der Waals surface area contributed by atoms with Gasteiger partial charge >= 0.3 is 5.97 Å². The summed E-state index contributed by atoms with van der Waals surface area (Å²) in [6.07, 6.45) is 0.743. The van der Waals surface area contributed by atoms with Gasteiger partial charge in [0.2, 0.25) is 5.76 Å². The number of ether oxygens (including phenoxy) is 2. The van der Waals surface area contributed by atoms with Gasteiger partial charge in [0.1, 0.15) is 6.10 Å². The lowest BCUT2D eigenvalue weighted by molar-refractivity contribution is -0.142. The van der Waals surface area contributed by atoms with E-state index in [0.29, 0.717) is 12.4 Å². The maximum Gasteiger partial charge on any atom is 0.374 e. The second kappa shape index (κ2) is 3.61. The van der Waals surface area contributed by atoms with E-state index < -0.39 is 0 Å². The first-order valence-corrected chi connectivity index (χ1v) is 4.25. The van der Waals surface area contributed by atoms with E-state index in [1.807, 2.05) is 20.8 Å². The number of hydrogen-bond donors (Lipinski definition) is 0. The summed E-state index contributed by atoms with van der Waals surface area (Å²) in [5.41, 5.74) is 0.921. The maximum absolute atomic E-state index is 11.1. The molecule has 0 N–H and O–H groups in total. The van der Waals surface area contributed by atoms with Crippen LogP contribution in [0, 0.1) is 0 Å². The molecular weight excluding hydrogens is 156 g/mol. The zero-order valence-electron chi connectivity index (χ0n) is 7.72. The standard InChI is InChI=1S/C9H14O3/c1-4-7-6(3)8(11-5-2)9(10)12-7/h7H,4-5H2,1-3H3. The minimum Gasteiger partial charge on any atom is -0.487 e. The van der Waals surface area contributed by atoms with Crippen molar-refractivity contribution in [1.82, 2.24) is 0 Å². The Morgan fingerprint density at radius 3 is 2.58 bits per heavy atom. The van der Waals surface area contributed by atoms with Crippen LogP contribution in [-0.4, -0.2) is 18.7 Å². The van der Waals surface area contributed by atoms with Crippen molar-refractivity contribution < 1.29 is 14.3 Å². The largest absolute Gasteiger partial charge is 0.487 e. The summed E-state index contributed by atoms with van der Waals surface area (Å²) < 4.78 is 10.2. The van der Waals surface area contributed by atoms with Crippen molar-refractivity contribution >= 4 is 5.97 Å². The maximum atomic E-state index is 11.1. The molecule has 0 amide bonds. The van der Waals surface area contributed by atoms with Gasteiger partial charge in [0.05, 0.1) is 6.61 Å². The van der Waals surface area contributed by atoms with Crippen molar-refractivity contribution in [3.8, 4) is 0 Å². The number of esters is 1. The molecule has 68 valence electrons. The second-order valence-electron chi connectivity index (χ2n) is 2.75. The van der Waals surface area contributed by atoms with Crippen LogP contribution in [-0.2, 0) is 14.3 Å². The van der Waals surface area contributed by atoms with Crippen molar-refractivity contribution in [3.63, 3.8) is 0 Å². The number of carbonyl (C=O) groups is 1. The molecule has 0 aromatic rings. The van der Waals surface area contributed by atoms with E-state index in [4.69, 9.17) is 9.47 Å². The lowest BCUT2D eigenvalue weighted by atomic mass is 10.1. The molecular formula is C9H14O3. The molecule has 0 aromatic heterocycles. The highest BCUT2D eigenvalue weighted by molar-refractivity contribution is 5.89. The Hall–Kier alpha value is -0.990. The highest BCUT2D eigenvalue weighted by Crippen LogP contribution is 2.24. The molecule has 12 heavy (non-hydrogen) atoms. The van der Waals surface area contributed by atoms with Crippen molar-refractivity contribution in [3.05, 3.63) is 11.3 Å². The van der Waals surface area contributed by atoms with Gasteiger partial charge in [-0.05, 0) is 20.3 Å². The summed E-state index contributed by atoms with van der Waals surface area (Å²) in [6.45, 7) is 6.23. The third-order valence-corrected chi connectivity index (χ3v) is 1.94. The zero-order chi connectivity index (χ0) is 9.14. The molecule has 3 nitrogen and oxygen atoms in total. The molecule has 1 heterocycles. The molecule has 1 rings (SSSR count). The topological polar surface area (TPSA) is 35.5 Å². The van der Waals surface area contributed by atoms with E-state index in [1.165, 1.54) is 0 Å². The predicted molar refractivity (Wildman–Crippen MR) is 44.5 cm³/mol. The van der Waals surface area contributed by atoms with E-state index in [9.17, 15) is 4.79 Å². The summed E-state index contributed by atoms with van der Waals surface area (Å²) in [5, 5.41) is 0. The van der Waals surface area contributed by atoms with E-state index >= 15 is 0 Å². The first-order chi connectivity index (χ1) is 5.70. The Labute approximate surface area is 72.4 Å². The molecule has 0 spiro atoms. The van der Waals surface area contributed by atoms with Gasteiger partial charge in [-0.1, -0.05) is 6.92 Å². The molecule has 0 saturated heterocycles. The molecule has 0 fully saturated rings. The van der Waals surface area contributed by atoms with Gasteiger partial charge in [0, 0.05) is 5.57 Å². The Bertz CT molecular complexity index is 218. The molecule has 1 aliphatic heterocycles. The Morgan fingerprint density at radius 1 is 1.50 bits per heavy atom. The van der Waals surface area contributed by atoms with Crippen LogP contribution in [0.5, 0.6) is 0 Å². The van der Waals surface area contributed by atoms with Gasteiger partial charge < -0.3 is 9.47 Å². The fourth-order valence-electron chi connectivity index (χ4n) is 1.28. The first kappa shape index (κ1) is 9.10. The quantitative estimate of drug-likeness (QED) is 0.604. The van der Waals surface area contributed by atoms with Gasteiger partial charge in [0.15, 0.2) is 0 Å². The molecule has 1 aliphatic rings. The third-order valence-electron chi connectivity index (χ3n) is 1.94. The highest BCUT2D eigenvalue weighted by atomic mass is 16.6. The minimum atomic E-state index is -0.318. The lowest BCUT2D eigenvalue weighted by Crippen LogP contribution is -2.08. The normalized spacial score (nSPS) is 22.9. The molecule has 0 aromatic carbocycles. The van der Waals surface area contributed by atoms with Crippen LogP contribution in [0.3, 0.4) is 0 Å². The highest BCUT2D eigenvalue weighted by Gasteiger charge is 2.31. The van der Waals surface area contributed by atoms with Crippen LogP contribution in [0.2, 0.25) is 0 Å². The van der Waals surface area contributed by atoms with Crippen molar-refractivity contribution in [2.45, 2.75) is 33.3 Å². The fraction of sp³-hybridized carbons (Fsp3) is 0.667. The van der Waals surface area contributed by atoms with Gasteiger partial charge in [0.25, 0.3) is 0 Å². The SMILES string of the molecule is CCOC1=C(C)C(CC)OC1=O. The van der Waals surface area contributed by atoms with Crippen molar-refractivity contribution in [1.29, 1.82) is 0 Å². The Kier molecular flexibility index (Phi) is 2.74. The summed E-state index contributed by atoms with van der Waals surface area (Å²) in [5.74, 6) is 0.0885. The van der Waals surface area contributed by atoms with E-state index in [1.54, 1.807) is 0 Å². The second-order valence-corrected chi connectivity index (χ2v) is 2.75. The van der Waals surface area contributed by atoms with Crippen molar-refractivity contribution in [2.75, 3.05) is 6.61 Å². The third kappa shape index (κ3) is 1.44. The minimum absolute atomic E-state index is 0.0703. The summed E-state index contributed by atoms with van der Waals surface area (Å²) >= 11 is 0. The average molecular weight is 170 g/mol. The Morgan fingerprint density at radius 2 is 2.17 bits per heavy atom. The van der Waals surface area contributed by atoms with Crippen molar-refractivity contribution in [2.24, 2.45) is 0 Å². The van der Waals surface area contributed by atoms with Gasteiger partial charge in [-0.25, -0.2) is 4.79 Å². The van der Waals surface area contributed by atoms with Gasteiger partial charge in [-0.15, -0.1) is 0 Å². The van der Waals surface area contributed by atoms with Crippen LogP contribution in [0.1, 0.15) is 27.2 Å². The average Bonchev–Trinajstić information content (AvgIpc) is 2.32. The molecule has 0 bridgehead atoms. The first-order valence-electron chi connectivity index (χ1n) is 4.25. The zero-order valence-corrected chi connectivity index (χ0v) is 7.72. The molecule has 3 heteroatoms. The van der Waals surface area contributed by atoms with Crippen LogP contribution in [0.25, 0.3) is 0 Å². The molecule has 0 radical (unpaired) electrons.